The Hall–Kier alpha value is -0.500. The summed E-state index contributed by atoms with van der Waals surface area (Å²) < 4.78 is 5.21. The maximum atomic E-state index is 5.21. The van der Waals surface area contributed by atoms with Gasteiger partial charge in [0.2, 0.25) is 0 Å². The Morgan fingerprint density at radius 2 is 2.67 bits per heavy atom. The first-order chi connectivity index (χ1) is 4.40. The molecule has 2 nitrogen and oxygen atoms in total. The Labute approximate surface area is 54.9 Å². The van der Waals surface area contributed by atoms with Crippen LogP contribution in [0.15, 0.2) is 11.8 Å². The van der Waals surface area contributed by atoms with Gasteiger partial charge in [0.25, 0.3) is 0 Å². The van der Waals surface area contributed by atoms with Crippen molar-refractivity contribution in [2.24, 2.45) is 5.92 Å². The lowest BCUT2D eigenvalue weighted by Gasteiger charge is -2.25. The van der Waals surface area contributed by atoms with Crippen molar-refractivity contribution in [1.29, 1.82) is 0 Å². The van der Waals surface area contributed by atoms with Crippen molar-refractivity contribution in [2.45, 2.75) is 12.5 Å². The molecular weight excluding hydrogens is 114 g/mol. The van der Waals surface area contributed by atoms with Crippen LogP contribution >= 0.6 is 0 Å². The molecule has 1 aliphatic heterocycles. The highest BCUT2D eigenvalue weighted by molar-refractivity contribution is 5.17. The summed E-state index contributed by atoms with van der Waals surface area (Å²) in [5, 5.41) is 3.21. The summed E-state index contributed by atoms with van der Waals surface area (Å²) >= 11 is 0. The average molecular weight is 125 g/mol. The maximum absolute atomic E-state index is 5.21. The zero-order valence-corrected chi connectivity index (χ0v) is 5.55. The lowest BCUT2D eigenvalue weighted by molar-refractivity contribution is 0.0550. The Morgan fingerprint density at radius 3 is 3.00 bits per heavy atom. The molecule has 2 heteroatoms. The summed E-state index contributed by atoms with van der Waals surface area (Å²) in [5.41, 5.74) is 0. The van der Waals surface area contributed by atoms with Crippen molar-refractivity contribution in [3.05, 3.63) is 11.8 Å². The van der Waals surface area contributed by atoms with E-state index in [2.05, 4.69) is 11.4 Å². The summed E-state index contributed by atoms with van der Waals surface area (Å²) in [5.74, 6) is 1.97. The van der Waals surface area contributed by atoms with Gasteiger partial charge in [0.05, 0.1) is 12.5 Å². The molecule has 0 bridgehead atoms. The second kappa shape index (κ2) is 1.74. The van der Waals surface area contributed by atoms with Crippen LogP contribution < -0.4 is 5.32 Å². The molecule has 1 N–H and O–H groups in total. The molecule has 50 valence electrons. The van der Waals surface area contributed by atoms with Crippen LogP contribution in [0.3, 0.4) is 0 Å². The lowest BCUT2D eigenvalue weighted by atomic mass is 10.0. The fraction of sp³-hybridized carbons (Fsp3) is 0.714. The molecule has 0 aromatic heterocycles. The van der Waals surface area contributed by atoms with Gasteiger partial charge in [0, 0.05) is 6.04 Å². The van der Waals surface area contributed by atoms with Crippen LogP contribution in [0.1, 0.15) is 6.42 Å². The number of likely N-dealkylation sites (N-methyl/N-ethyl adjacent to an activating group) is 1. The molecule has 0 saturated carbocycles. The first kappa shape index (κ1) is 5.30. The highest BCUT2D eigenvalue weighted by Crippen LogP contribution is 2.34. The third-order valence-electron chi connectivity index (χ3n) is 2.13. The fourth-order valence-corrected chi connectivity index (χ4v) is 1.44. The Kier molecular flexibility index (Phi) is 1.02. The van der Waals surface area contributed by atoms with E-state index >= 15 is 0 Å². The number of nitrogens with one attached hydrogen (secondary N) is 1. The van der Waals surface area contributed by atoms with Crippen LogP contribution in [-0.4, -0.2) is 19.7 Å². The fourth-order valence-electron chi connectivity index (χ4n) is 1.44. The van der Waals surface area contributed by atoms with Gasteiger partial charge in [-0.05, 0) is 19.5 Å². The first-order valence-electron chi connectivity index (χ1n) is 3.42. The van der Waals surface area contributed by atoms with Gasteiger partial charge < -0.3 is 10.1 Å². The number of fused-ring (bicyclic) bond motifs is 1. The molecule has 2 aliphatic rings. The van der Waals surface area contributed by atoms with Crippen molar-refractivity contribution in [1.82, 2.24) is 5.32 Å². The monoisotopic (exact) mass is 125 g/mol. The number of hydrogen-bond acceptors (Lipinski definition) is 2. The second-order valence-electron chi connectivity index (χ2n) is 2.71. The van der Waals surface area contributed by atoms with E-state index in [1.54, 1.807) is 0 Å². The van der Waals surface area contributed by atoms with E-state index in [-0.39, 0.29) is 0 Å². The van der Waals surface area contributed by atoms with Gasteiger partial charge in [0.1, 0.15) is 5.76 Å². The molecule has 2 unspecified atom stereocenters. The third kappa shape index (κ3) is 0.663. The molecule has 2 atom stereocenters. The van der Waals surface area contributed by atoms with Gasteiger partial charge in [-0.1, -0.05) is 0 Å². The zero-order chi connectivity index (χ0) is 6.27. The summed E-state index contributed by atoms with van der Waals surface area (Å²) in [7, 11) is 1.99. The number of ether oxygens (including phenoxy) is 1. The van der Waals surface area contributed by atoms with Gasteiger partial charge in [-0.2, -0.15) is 0 Å². The highest BCUT2D eigenvalue weighted by Gasteiger charge is 2.34. The largest absolute Gasteiger partial charge is 0.497 e. The molecule has 1 heterocycles. The third-order valence-corrected chi connectivity index (χ3v) is 2.13. The lowest BCUT2D eigenvalue weighted by Crippen LogP contribution is -2.25. The van der Waals surface area contributed by atoms with Crippen LogP contribution in [0.2, 0.25) is 0 Å². The first-order valence-corrected chi connectivity index (χ1v) is 3.42. The van der Waals surface area contributed by atoms with Crippen molar-refractivity contribution in [3.8, 4) is 0 Å². The summed E-state index contributed by atoms with van der Waals surface area (Å²) in [6, 6.07) is 0.576. The van der Waals surface area contributed by atoms with E-state index in [4.69, 9.17) is 4.74 Å². The van der Waals surface area contributed by atoms with E-state index in [1.807, 2.05) is 7.05 Å². The standard InChI is InChI=1S/C7H11NO/c1-8-6-2-5-4-9-7(5)3-6/h3,5-6,8H,2,4H2,1H3. The molecule has 9 heavy (non-hydrogen) atoms. The smallest absolute Gasteiger partial charge is 0.100 e. The Balaban J connectivity index is 2.05. The van der Waals surface area contributed by atoms with Gasteiger partial charge >= 0.3 is 0 Å². The Morgan fingerprint density at radius 1 is 1.78 bits per heavy atom. The van der Waals surface area contributed by atoms with E-state index in [0.29, 0.717) is 6.04 Å². The molecule has 2 rings (SSSR count). The highest BCUT2D eigenvalue weighted by atomic mass is 16.5. The minimum Gasteiger partial charge on any atom is -0.497 e. The maximum Gasteiger partial charge on any atom is 0.100 e. The normalized spacial score (nSPS) is 38.6. The number of hydrogen-bond donors (Lipinski definition) is 1. The van der Waals surface area contributed by atoms with Crippen LogP contribution in [-0.2, 0) is 4.74 Å². The predicted molar refractivity (Wildman–Crippen MR) is 35.0 cm³/mol. The van der Waals surface area contributed by atoms with E-state index < -0.39 is 0 Å². The summed E-state index contributed by atoms with van der Waals surface area (Å²) in [6.07, 6.45) is 3.43. The molecule has 0 radical (unpaired) electrons. The van der Waals surface area contributed by atoms with Crippen molar-refractivity contribution in [3.63, 3.8) is 0 Å². The molecule has 0 spiro atoms. The molecular formula is C7H11NO. The molecule has 1 fully saturated rings. The number of rotatable bonds is 1. The van der Waals surface area contributed by atoms with Crippen LogP contribution in [0, 0.1) is 5.92 Å². The van der Waals surface area contributed by atoms with Gasteiger partial charge in [-0.3, -0.25) is 0 Å². The van der Waals surface area contributed by atoms with Crippen molar-refractivity contribution < 1.29 is 4.74 Å². The molecule has 0 aromatic carbocycles. The summed E-state index contributed by atoms with van der Waals surface area (Å²) in [6.45, 7) is 0.948. The predicted octanol–water partition coefficient (Wildman–Crippen LogP) is 0.508. The van der Waals surface area contributed by atoms with Gasteiger partial charge in [-0.25, -0.2) is 0 Å². The second-order valence-corrected chi connectivity index (χ2v) is 2.71. The van der Waals surface area contributed by atoms with Crippen LogP contribution in [0.25, 0.3) is 0 Å². The zero-order valence-electron chi connectivity index (χ0n) is 5.55. The quantitative estimate of drug-likeness (QED) is 0.551. The molecule has 0 amide bonds. The van der Waals surface area contributed by atoms with Crippen LogP contribution in [0.5, 0.6) is 0 Å². The minimum absolute atomic E-state index is 0.576. The van der Waals surface area contributed by atoms with Crippen LogP contribution in [0.4, 0.5) is 0 Å². The Bertz CT molecular complexity index is 153. The average Bonchev–Trinajstić information content (AvgIpc) is 2.10. The minimum atomic E-state index is 0.576. The van der Waals surface area contributed by atoms with Gasteiger partial charge in [0.15, 0.2) is 0 Å². The molecule has 1 saturated heterocycles. The summed E-state index contributed by atoms with van der Waals surface area (Å²) in [4.78, 5) is 0. The van der Waals surface area contributed by atoms with Crippen molar-refractivity contribution in [2.75, 3.05) is 13.7 Å². The van der Waals surface area contributed by atoms with Gasteiger partial charge in [-0.15, -0.1) is 0 Å². The van der Waals surface area contributed by atoms with E-state index in [1.165, 1.54) is 12.2 Å². The molecule has 1 aliphatic carbocycles. The van der Waals surface area contributed by atoms with E-state index in [0.717, 1.165) is 12.5 Å². The SMILES string of the molecule is CNC1C=C2OCC2C1. The molecule has 0 aromatic rings. The van der Waals surface area contributed by atoms with E-state index in [9.17, 15) is 0 Å². The van der Waals surface area contributed by atoms with Crippen molar-refractivity contribution >= 4 is 0 Å². The topological polar surface area (TPSA) is 21.3 Å².